The van der Waals surface area contributed by atoms with Crippen LogP contribution in [-0.2, 0) is 14.2 Å². The first kappa shape index (κ1) is 32.6. The molecule has 246 valence electrons. The number of ether oxygens (including phenoxy) is 5. The lowest BCUT2D eigenvalue weighted by molar-refractivity contribution is -0.323. The van der Waals surface area contributed by atoms with Crippen molar-refractivity contribution in [2.75, 3.05) is 20.3 Å². The van der Waals surface area contributed by atoms with E-state index >= 15 is 0 Å². The summed E-state index contributed by atoms with van der Waals surface area (Å²) in [5, 5.41) is 102. The maximum absolute atomic E-state index is 13.7. The van der Waals surface area contributed by atoms with Crippen LogP contribution in [0.1, 0.15) is 0 Å². The molecule has 2 fully saturated rings. The van der Waals surface area contributed by atoms with Crippen LogP contribution in [0.25, 0.3) is 22.3 Å². The van der Waals surface area contributed by atoms with Crippen molar-refractivity contribution in [1.29, 1.82) is 0 Å². The monoisotopic (exact) mass is 640 g/mol. The van der Waals surface area contributed by atoms with Gasteiger partial charge in [-0.1, -0.05) is 0 Å². The fraction of sp³-hybridized carbons (Fsp3) is 0.464. The van der Waals surface area contributed by atoms with Crippen LogP contribution in [0.2, 0.25) is 0 Å². The lowest BCUT2D eigenvalue weighted by Gasteiger charge is -2.42. The fourth-order valence-electron chi connectivity index (χ4n) is 5.00. The minimum absolute atomic E-state index is 0.00464. The van der Waals surface area contributed by atoms with E-state index in [4.69, 9.17) is 28.1 Å². The molecule has 10 atom stereocenters. The second-order valence-corrected chi connectivity index (χ2v) is 10.5. The lowest BCUT2D eigenvalue weighted by atomic mass is 9.98. The van der Waals surface area contributed by atoms with E-state index in [1.165, 1.54) is 19.2 Å². The van der Waals surface area contributed by atoms with Gasteiger partial charge in [0.15, 0.2) is 23.5 Å². The predicted octanol–water partition coefficient (Wildman–Crippen LogP) is -2.41. The Hall–Kier alpha value is -3.75. The van der Waals surface area contributed by atoms with Crippen LogP contribution < -0.4 is 14.9 Å². The van der Waals surface area contributed by atoms with Gasteiger partial charge in [-0.15, -0.1) is 0 Å². The third-order valence-corrected chi connectivity index (χ3v) is 7.56. The molecule has 1 aromatic heterocycles. The number of aliphatic hydroxyl groups excluding tert-OH is 7. The van der Waals surface area contributed by atoms with Crippen molar-refractivity contribution in [3.63, 3.8) is 0 Å². The van der Waals surface area contributed by atoms with Gasteiger partial charge < -0.3 is 79.2 Å². The SMILES string of the molecule is COc1cc(O)c2c(=O)c(O[C@@H]3O[C@@H](CO[C@@H]4O[C@@H](CO)[C@H](O)[C@H](O)[C@H]4O)[C@H](O)[C@H](O)[C@@H]3O)c(-c3ccc(O)c(O)c3)oc2c1. The standard InChI is InChI=1S/C28H32O17/c1-40-10-5-13(32)17-14(6-10)42-25(9-2-3-11(30)12(31)4-9)26(20(17)35)45-28-24(39)22(37)19(34)16(44-28)8-41-27-23(38)21(36)18(33)15(7-29)43-27/h2-6,15-16,18-19,21-24,27-34,36-39H,7-8H2,1H3/t15-,16-,18-,19-,21-,22-,23+,24-,27+,28-/m0/s1. The minimum atomic E-state index is -1.98. The first-order valence-corrected chi connectivity index (χ1v) is 13.5. The van der Waals surface area contributed by atoms with Crippen molar-refractivity contribution in [2.45, 2.75) is 61.4 Å². The topological polar surface area (TPSA) is 279 Å². The van der Waals surface area contributed by atoms with Gasteiger partial charge in [0.25, 0.3) is 0 Å². The number of hydrogen-bond acceptors (Lipinski definition) is 17. The highest BCUT2D eigenvalue weighted by Gasteiger charge is 2.48. The van der Waals surface area contributed by atoms with Gasteiger partial charge in [-0.2, -0.15) is 0 Å². The number of phenols is 3. The van der Waals surface area contributed by atoms with Gasteiger partial charge in [0.2, 0.25) is 17.5 Å². The molecule has 2 aliphatic heterocycles. The molecule has 10 N–H and O–H groups in total. The van der Waals surface area contributed by atoms with E-state index in [9.17, 15) is 55.9 Å². The zero-order chi connectivity index (χ0) is 32.7. The van der Waals surface area contributed by atoms with Crippen LogP contribution in [0.5, 0.6) is 28.7 Å². The first-order chi connectivity index (χ1) is 21.4. The Kier molecular flexibility index (Phi) is 9.38. The van der Waals surface area contributed by atoms with Crippen LogP contribution in [0, 0.1) is 0 Å². The van der Waals surface area contributed by atoms with E-state index < -0.39 is 103 Å². The Morgan fingerprint density at radius 2 is 1.40 bits per heavy atom. The highest BCUT2D eigenvalue weighted by atomic mass is 16.7. The molecular weight excluding hydrogens is 608 g/mol. The molecule has 3 heterocycles. The smallest absolute Gasteiger partial charge is 0.239 e. The number of phenolic OH excluding ortho intramolecular Hbond substituents is 3. The minimum Gasteiger partial charge on any atom is -0.507 e. The van der Waals surface area contributed by atoms with Gasteiger partial charge in [-0.3, -0.25) is 4.79 Å². The molecule has 0 bridgehead atoms. The molecule has 0 amide bonds. The number of benzene rings is 2. The molecule has 0 aliphatic carbocycles. The zero-order valence-corrected chi connectivity index (χ0v) is 23.4. The van der Waals surface area contributed by atoms with Gasteiger partial charge in [0.1, 0.15) is 71.3 Å². The maximum Gasteiger partial charge on any atom is 0.239 e. The van der Waals surface area contributed by atoms with Crippen LogP contribution in [0.3, 0.4) is 0 Å². The van der Waals surface area contributed by atoms with Crippen LogP contribution in [0.15, 0.2) is 39.5 Å². The van der Waals surface area contributed by atoms with Gasteiger partial charge >= 0.3 is 0 Å². The summed E-state index contributed by atoms with van der Waals surface area (Å²) < 4.78 is 33.0. The summed E-state index contributed by atoms with van der Waals surface area (Å²) in [5.74, 6) is -2.55. The van der Waals surface area contributed by atoms with E-state index in [0.29, 0.717) is 0 Å². The van der Waals surface area contributed by atoms with Crippen molar-refractivity contribution in [1.82, 2.24) is 0 Å². The molecule has 0 spiro atoms. The quantitative estimate of drug-likeness (QED) is 0.115. The largest absolute Gasteiger partial charge is 0.507 e. The fourth-order valence-corrected chi connectivity index (χ4v) is 5.00. The number of aliphatic hydroxyl groups is 7. The second kappa shape index (κ2) is 12.9. The van der Waals surface area contributed by atoms with Crippen LogP contribution >= 0.6 is 0 Å². The summed E-state index contributed by atoms with van der Waals surface area (Å²) in [4.78, 5) is 13.7. The summed E-state index contributed by atoms with van der Waals surface area (Å²) in [6.07, 6.45) is -17.3. The average molecular weight is 641 g/mol. The molecule has 45 heavy (non-hydrogen) atoms. The highest BCUT2D eigenvalue weighted by Crippen LogP contribution is 2.39. The zero-order valence-electron chi connectivity index (χ0n) is 23.4. The Bertz CT molecular complexity index is 1570. The molecule has 2 saturated heterocycles. The van der Waals surface area contributed by atoms with Gasteiger partial charge in [-0.25, -0.2) is 0 Å². The number of aromatic hydroxyl groups is 3. The van der Waals surface area contributed by atoms with Crippen molar-refractivity contribution < 1.29 is 79.2 Å². The second-order valence-electron chi connectivity index (χ2n) is 10.5. The molecule has 17 nitrogen and oxygen atoms in total. The molecule has 2 aromatic carbocycles. The Labute approximate surface area is 252 Å². The molecule has 2 aliphatic rings. The Morgan fingerprint density at radius 1 is 0.756 bits per heavy atom. The third-order valence-electron chi connectivity index (χ3n) is 7.56. The van der Waals surface area contributed by atoms with Crippen molar-refractivity contribution in [2.24, 2.45) is 0 Å². The summed E-state index contributed by atoms with van der Waals surface area (Å²) in [6, 6.07) is 5.83. The highest BCUT2D eigenvalue weighted by molar-refractivity contribution is 5.88. The van der Waals surface area contributed by atoms with Crippen LogP contribution in [0.4, 0.5) is 0 Å². The summed E-state index contributed by atoms with van der Waals surface area (Å²) in [7, 11) is 1.31. The number of rotatable bonds is 8. The van der Waals surface area contributed by atoms with E-state index in [2.05, 4.69) is 0 Å². The maximum atomic E-state index is 13.7. The molecule has 0 unspecified atom stereocenters. The number of methoxy groups -OCH3 is 1. The molecular formula is C28H32O17. The summed E-state index contributed by atoms with van der Waals surface area (Å²) >= 11 is 0. The van der Waals surface area contributed by atoms with Crippen LogP contribution in [-0.4, -0.2) is 133 Å². The predicted molar refractivity (Wildman–Crippen MR) is 146 cm³/mol. The number of hydrogen-bond donors (Lipinski definition) is 10. The molecule has 5 rings (SSSR count). The van der Waals surface area contributed by atoms with Crippen molar-refractivity contribution >= 4 is 11.0 Å². The number of fused-ring (bicyclic) bond motifs is 1. The van der Waals surface area contributed by atoms with E-state index in [1.807, 2.05) is 0 Å². The Balaban J connectivity index is 1.48. The Morgan fingerprint density at radius 3 is 2.04 bits per heavy atom. The lowest BCUT2D eigenvalue weighted by Crippen LogP contribution is -2.62. The van der Waals surface area contributed by atoms with E-state index in [1.54, 1.807) is 0 Å². The molecule has 0 radical (unpaired) electrons. The first-order valence-electron chi connectivity index (χ1n) is 13.5. The normalized spacial score (nSPS) is 32.0. The molecule has 17 heteroatoms. The molecule has 3 aromatic rings. The van der Waals surface area contributed by atoms with Gasteiger partial charge in [-0.05, 0) is 18.2 Å². The van der Waals surface area contributed by atoms with E-state index in [-0.39, 0.29) is 28.0 Å². The van der Waals surface area contributed by atoms with E-state index in [0.717, 1.165) is 18.2 Å². The van der Waals surface area contributed by atoms with Gasteiger partial charge in [0, 0.05) is 17.7 Å². The van der Waals surface area contributed by atoms with Gasteiger partial charge in [0.05, 0.1) is 20.3 Å². The molecule has 0 saturated carbocycles. The van der Waals surface area contributed by atoms with Crippen molar-refractivity contribution in [3.8, 4) is 40.1 Å². The summed E-state index contributed by atoms with van der Waals surface area (Å²) in [5.41, 5.74) is -1.15. The average Bonchev–Trinajstić information content (AvgIpc) is 3.02. The van der Waals surface area contributed by atoms with Crippen molar-refractivity contribution in [3.05, 3.63) is 40.6 Å². The summed E-state index contributed by atoms with van der Waals surface area (Å²) in [6.45, 7) is -1.40. The third kappa shape index (κ3) is 6.10.